The van der Waals surface area contributed by atoms with Crippen LogP contribution in [-0.2, 0) is 14.8 Å². The number of carbonyl (C=O) groups is 2. The summed E-state index contributed by atoms with van der Waals surface area (Å²) in [5.74, 6) is -1.13. The Morgan fingerprint density at radius 1 is 0.970 bits per heavy atom. The first-order valence-corrected chi connectivity index (χ1v) is 12.6. The van der Waals surface area contributed by atoms with Crippen LogP contribution in [0.1, 0.15) is 49.2 Å². The van der Waals surface area contributed by atoms with Gasteiger partial charge in [0.15, 0.2) is 0 Å². The summed E-state index contributed by atoms with van der Waals surface area (Å²) in [6.45, 7) is 9.18. The summed E-state index contributed by atoms with van der Waals surface area (Å²) >= 11 is 0.878. The van der Waals surface area contributed by atoms with Gasteiger partial charge < -0.3 is 10.1 Å². The Bertz CT molecular complexity index is 1310. The van der Waals surface area contributed by atoms with Gasteiger partial charge in [-0.3, -0.25) is 9.52 Å². The molecule has 2 N–H and O–H groups in total. The van der Waals surface area contributed by atoms with Gasteiger partial charge in [0.05, 0.1) is 17.1 Å². The molecule has 0 spiro atoms. The van der Waals surface area contributed by atoms with E-state index >= 15 is 0 Å². The zero-order chi connectivity index (χ0) is 24.3. The van der Waals surface area contributed by atoms with Crippen molar-refractivity contribution >= 4 is 43.9 Å². The molecule has 1 amide bonds. The highest BCUT2D eigenvalue weighted by molar-refractivity contribution is 7.93. The van der Waals surface area contributed by atoms with Gasteiger partial charge in [-0.25, -0.2) is 13.2 Å². The summed E-state index contributed by atoms with van der Waals surface area (Å²) < 4.78 is 33.6. The molecule has 1 aromatic heterocycles. The molecular weight excluding hydrogens is 460 g/mol. The predicted octanol–water partition coefficient (Wildman–Crippen LogP) is 5.21. The standard InChI is InChI=1S/C24H26N2O5S2/c1-6-31-24(28)21-17(5)20(22(27)25-18-10-9-15(3)16(4)13-18)23(32-21)26-33(29,30)19-11-7-14(2)8-12-19/h7-13,26H,6H2,1-5H3,(H,25,27). The van der Waals surface area contributed by atoms with Crippen LogP contribution in [0.2, 0.25) is 0 Å². The van der Waals surface area contributed by atoms with Gasteiger partial charge in [0.1, 0.15) is 9.88 Å². The molecule has 0 saturated heterocycles. The fourth-order valence-corrected chi connectivity index (χ4v) is 5.56. The first kappa shape index (κ1) is 24.5. The van der Waals surface area contributed by atoms with Crippen molar-refractivity contribution in [2.45, 2.75) is 39.5 Å². The molecule has 0 aliphatic rings. The van der Waals surface area contributed by atoms with Gasteiger partial charge in [0, 0.05) is 5.69 Å². The van der Waals surface area contributed by atoms with Crippen LogP contribution in [0.15, 0.2) is 47.4 Å². The third kappa shape index (κ3) is 5.43. The molecule has 7 nitrogen and oxygen atoms in total. The lowest BCUT2D eigenvalue weighted by molar-refractivity contribution is 0.0531. The van der Waals surface area contributed by atoms with Crippen molar-refractivity contribution < 1.29 is 22.7 Å². The molecule has 0 aliphatic carbocycles. The molecule has 9 heteroatoms. The van der Waals surface area contributed by atoms with E-state index in [4.69, 9.17) is 4.74 Å². The van der Waals surface area contributed by atoms with Crippen LogP contribution < -0.4 is 10.0 Å². The Morgan fingerprint density at radius 3 is 2.24 bits per heavy atom. The van der Waals surface area contributed by atoms with E-state index in [-0.39, 0.29) is 26.9 Å². The molecule has 0 radical (unpaired) electrons. The van der Waals surface area contributed by atoms with Gasteiger partial charge >= 0.3 is 5.97 Å². The second-order valence-electron chi connectivity index (χ2n) is 7.65. The number of rotatable bonds is 7. The van der Waals surface area contributed by atoms with Crippen LogP contribution >= 0.6 is 11.3 Å². The highest BCUT2D eigenvalue weighted by Crippen LogP contribution is 2.36. The molecule has 1 heterocycles. The lowest BCUT2D eigenvalue weighted by Gasteiger charge is -2.11. The largest absolute Gasteiger partial charge is 0.462 e. The van der Waals surface area contributed by atoms with Crippen molar-refractivity contribution in [3.63, 3.8) is 0 Å². The summed E-state index contributed by atoms with van der Waals surface area (Å²) in [4.78, 5) is 25.9. The van der Waals surface area contributed by atoms with Crippen LogP contribution in [0.25, 0.3) is 0 Å². The zero-order valence-corrected chi connectivity index (χ0v) is 20.7. The Labute approximate surface area is 197 Å². The van der Waals surface area contributed by atoms with Gasteiger partial charge in [0.2, 0.25) is 0 Å². The lowest BCUT2D eigenvalue weighted by atomic mass is 10.1. The Balaban J connectivity index is 2.03. The van der Waals surface area contributed by atoms with Crippen molar-refractivity contribution in [1.82, 2.24) is 0 Å². The number of aryl methyl sites for hydroxylation is 3. The van der Waals surface area contributed by atoms with Crippen molar-refractivity contribution in [3.8, 4) is 0 Å². The number of thiophene rings is 1. The predicted molar refractivity (Wildman–Crippen MR) is 131 cm³/mol. The Kier molecular flexibility index (Phi) is 7.24. The average molecular weight is 487 g/mol. The normalized spacial score (nSPS) is 11.2. The van der Waals surface area contributed by atoms with Crippen molar-refractivity contribution in [2.75, 3.05) is 16.6 Å². The van der Waals surface area contributed by atoms with Gasteiger partial charge in [0.25, 0.3) is 15.9 Å². The van der Waals surface area contributed by atoms with Crippen LogP contribution in [0.4, 0.5) is 10.7 Å². The first-order chi connectivity index (χ1) is 15.5. The minimum absolute atomic E-state index is 0.0531. The topological polar surface area (TPSA) is 102 Å². The summed E-state index contributed by atoms with van der Waals surface area (Å²) in [6.07, 6.45) is 0. The van der Waals surface area contributed by atoms with E-state index in [1.165, 1.54) is 12.1 Å². The Morgan fingerprint density at radius 2 is 1.64 bits per heavy atom. The maximum absolute atomic E-state index is 13.2. The molecule has 2 aromatic carbocycles. The van der Waals surface area contributed by atoms with Gasteiger partial charge in [-0.05, 0) is 75.6 Å². The summed E-state index contributed by atoms with van der Waals surface area (Å²) in [5, 5.41) is 2.86. The molecule has 0 bridgehead atoms. The van der Waals surface area contributed by atoms with E-state index in [9.17, 15) is 18.0 Å². The Hall–Kier alpha value is -3.17. The first-order valence-electron chi connectivity index (χ1n) is 10.3. The fraction of sp³-hybridized carbons (Fsp3) is 0.250. The highest BCUT2D eigenvalue weighted by atomic mass is 32.2. The summed E-state index contributed by atoms with van der Waals surface area (Å²) in [7, 11) is -3.98. The number of hydrogen-bond donors (Lipinski definition) is 2. The van der Waals surface area contributed by atoms with Crippen LogP contribution in [-0.4, -0.2) is 26.9 Å². The van der Waals surface area contributed by atoms with Crippen molar-refractivity contribution in [2.24, 2.45) is 0 Å². The number of esters is 1. The molecule has 33 heavy (non-hydrogen) atoms. The van der Waals surface area contributed by atoms with Crippen LogP contribution in [0, 0.1) is 27.7 Å². The number of carbonyl (C=O) groups excluding carboxylic acids is 2. The number of sulfonamides is 1. The average Bonchev–Trinajstić information content (AvgIpc) is 3.06. The second kappa shape index (κ2) is 9.76. The molecule has 0 saturated carbocycles. The van der Waals surface area contributed by atoms with E-state index in [2.05, 4.69) is 10.0 Å². The molecule has 0 atom stereocenters. The van der Waals surface area contributed by atoms with Crippen LogP contribution in [0.5, 0.6) is 0 Å². The number of benzene rings is 2. The summed E-state index contributed by atoms with van der Waals surface area (Å²) in [5.41, 5.74) is 3.99. The SMILES string of the molecule is CCOC(=O)c1sc(NS(=O)(=O)c2ccc(C)cc2)c(C(=O)Nc2ccc(C)c(C)c2)c1C. The van der Waals surface area contributed by atoms with E-state index in [0.29, 0.717) is 11.3 Å². The highest BCUT2D eigenvalue weighted by Gasteiger charge is 2.28. The maximum Gasteiger partial charge on any atom is 0.348 e. The molecular formula is C24H26N2O5S2. The van der Waals surface area contributed by atoms with Gasteiger partial charge in [-0.1, -0.05) is 23.8 Å². The van der Waals surface area contributed by atoms with Gasteiger partial charge in [-0.15, -0.1) is 11.3 Å². The molecule has 174 valence electrons. The fourth-order valence-electron chi connectivity index (χ4n) is 3.16. The quantitative estimate of drug-likeness (QED) is 0.446. The lowest BCUT2D eigenvalue weighted by Crippen LogP contribution is -2.18. The number of ether oxygens (including phenoxy) is 1. The maximum atomic E-state index is 13.2. The monoisotopic (exact) mass is 486 g/mol. The number of nitrogens with one attached hydrogen (secondary N) is 2. The second-order valence-corrected chi connectivity index (χ2v) is 10.4. The third-order valence-corrected chi connectivity index (χ3v) is 7.84. The van der Waals surface area contributed by atoms with Crippen LogP contribution in [0.3, 0.4) is 0 Å². The van der Waals surface area contributed by atoms with E-state index < -0.39 is 21.9 Å². The number of hydrogen-bond acceptors (Lipinski definition) is 6. The molecule has 0 unspecified atom stereocenters. The molecule has 0 fully saturated rings. The number of amides is 1. The number of anilines is 2. The molecule has 3 rings (SSSR count). The third-order valence-electron chi connectivity index (χ3n) is 5.16. The molecule has 0 aliphatic heterocycles. The minimum Gasteiger partial charge on any atom is -0.462 e. The molecule has 3 aromatic rings. The van der Waals surface area contributed by atoms with E-state index in [0.717, 1.165) is 28.0 Å². The smallest absolute Gasteiger partial charge is 0.348 e. The van der Waals surface area contributed by atoms with E-state index in [1.54, 1.807) is 32.0 Å². The van der Waals surface area contributed by atoms with Crippen molar-refractivity contribution in [3.05, 3.63) is 75.2 Å². The van der Waals surface area contributed by atoms with Crippen molar-refractivity contribution in [1.29, 1.82) is 0 Å². The van der Waals surface area contributed by atoms with E-state index in [1.807, 2.05) is 32.9 Å². The summed E-state index contributed by atoms with van der Waals surface area (Å²) in [6, 6.07) is 11.8. The van der Waals surface area contributed by atoms with Gasteiger partial charge in [-0.2, -0.15) is 0 Å². The zero-order valence-electron chi connectivity index (χ0n) is 19.1. The minimum atomic E-state index is -3.98.